The number of carbonyl (C=O) groups excluding carboxylic acids is 6. The van der Waals surface area contributed by atoms with Gasteiger partial charge in [-0.1, -0.05) is 73.6 Å². The van der Waals surface area contributed by atoms with E-state index in [1.165, 1.54) is 0 Å². The Kier molecular flexibility index (Phi) is 12.6. The number of amides is 5. The molecule has 0 aromatic rings. The van der Waals surface area contributed by atoms with Crippen LogP contribution in [0.2, 0.25) is 0 Å². The minimum absolute atomic E-state index is 0.0115. The predicted octanol–water partition coefficient (Wildman–Crippen LogP) is 3.54. The van der Waals surface area contributed by atoms with Crippen molar-refractivity contribution in [3.05, 3.63) is 0 Å². The molecule has 4 saturated carbocycles. The van der Waals surface area contributed by atoms with Gasteiger partial charge >= 0.3 is 0 Å². The third kappa shape index (κ3) is 8.26. The average Bonchev–Trinajstić information content (AvgIpc) is 3.97. The minimum Gasteiger partial charge on any atom is -0.347 e. The molecule has 320 valence electrons. The first-order valence-corrected chi connectivity index (χ1v) is 22.3. The Hall–Kier alpha value is -3.06. The van der Waals surface area contributed by atoms with Gasteiger partial charge in [0.15, 0.2) is 0 Å². The molecular weight excluding hydrogens is 723 g/mol. The molecule has 4 aliphatic carbocycles. The first-order valence-electron chi connectivity index (χ1n) is 22.3. The van der Waals surface area contributed by atoms with Crippen LogP contribution >= 0.6 is 0 Å². The van der Waals surface area contributed by atoms with Crippen LogP contribution in [0.15, 0.2) is 0 Å². The van der Waals surface area contributed by atoms with Crippen LogP contribution in [0.3, 0.4) is 0 Å². The molecule has 1 unspecified atom stereocenters. The number of piperazine rings is 1. The van der Waals surface area contributed by atoms with Gasteiger partial charge in [-0.25, -0.2) is 0 Å². The van der Waals surface area contributed by atoms with E-state index in [-0.39, 0.29) is 45.9 Å². The second-order valence-electron chi connectivity index (χ2n) is 20.6. The first-order chi connectivity index (χ1) is 26.8. The van der Waals surface area contributed by atoms with Crippen LogP contribution in [-0.4, -0.2) is 126 Å². The summed E-state index contributed by atoms with van der Waals surface area (Å²) in [5, 5.41) is 12.1. The molecule has 4 N–H and O–H groups in total. The van der Waals surface area contributed by atoms with Crippen LogP contribution in [0.1, 0.15) is 139 Å². The molecule has 0 aromatic carbocycles. The van der Waals surface area contributed by atoms with Crippen molar-refractivity contribution in [2.24, 2.45) is 27.6 Å². The number of rotatable bonds is 14. The number of hydrogen-bond donors (Lipinski definition) is 4. The fourth-order valence-corrected chi connectivity index (χ4v) is 11.3. The van der Waals surface area contributed by atoms with E-state index < -0.39 is 53.2 Å². The fourth-order valence-electron chi connectivity index (χ4n) is 11.3. The number of Topliss-reactive ketones (excluding diaryl/α,β-unsaturated/α-hetero) is 1. The first kappa shape index (κ1) is 43.5. The van der Waals surface area contributed by atoms with Crippen molar-refractivity contribution in [2.75, 3.05) is 33.2 Å². The highest BCUT2D eigenvalue weighted by Crippen LogP contribution is 2.88. The lowest BCUT2D eigenvalue weighted by molar-refractivity contribution is -0.146. The van der Waals surface area contributed by atoms with Gasteiger partial charge in [-0.2, -0.15) is 0 Å². The molecule has 2 saturated heterocycles. The molecule has 13 heteroatoms. The minimum atomic E-state index is -0.992. The third-order valence-corrected chi connectivity index (χ3v) is 15.6. The SMILES string of the molecule is CCCC(NC(=O)[C@@H]1C[C@@]2(CN1C(=O)[C@@H](NC(=O)[C@@H](NC(=O)[C@@H]1CN(C(C)C)CCN1C)C1CCCCC1)C(C)(C)C)C(C)(C)C21CCC1)C(=O)C(=O)NC1CC1. The second kappa shape index (κ2) is 16.5. The van der Waals surface area contributed by atoms with Crippen molar-refractivity contribution < 1.29 is 28.8 Å². The molecule has 2 aliphatic heterocycles. The van der Waals surface area contributed by atoms with Crippen LogP contribution in [-0.2, 0) is 28.8 Å². The second-order valence-corrected chi connectivity index (χ2v) is 20.6. The van der Waals surface area contributed by atoms with Gasteiger partial charge in [0.25, 0.3) is 5.91 Å². The molecule has 6 atom stereocenters. The lowest BCUT2D eigenvalue weighted by Crippen LogP contribution is -2.64. The van der Waals surface area contributed by atoms with Crippen LogP contribution in [0.25, 0.3) is 0 Å². The van der Waals surface area contributed by atoms with Crippen molar-refractivity contribution in [3.63, 3.8) is 0 Å². The zero-order chi connectivity index (χ0) is 41.7. The van der Waals surface area contributed by atoms with E-state index in [9.17, 15) is 24.0 Å². The van der Waals surface area contributed by atoms with Crippen LogP contribution in [0, 0.1) is 27.6 Å². The van der Waals surface area contributed by atoms with Gasteiger partial charge in [0, 0.05) is 43.7 Å². The maximum atomic E-state index is 15.2. The zero-order valence-electron chi connectivity index (χ0n) is 36.4. The molecule has 6 fully saturated rings. The standard InChI is InChI=1S/C44H73N7O6/c1-10-15-30(34(52)39(56)45-29-18-19-29)46-36(53)31-24-44(42(7,8)43(44)20-14-21-43)26-51(31)40(57)35(41(4,5)6)48-38(55)33(28-16-12-11-13-17-28)47-37(54)32-25-50(27(2)3)23-22-49(32)9/h27-33,35H,10-26H2,1-9H3,(H,45,56)(H,46,53)(H,47,54)(H,48,55)/t30?,31-,32-,33-,35+,44+/m0/s1. The molecule has 2 heterocycles. The Balaban J connectivity index is 1.25. The monoisotopic (exact) mass is 796 g/mol. The van der Waals surface area contributed by atoms with Crippen molar-refractivity contribution in [2.45, 2.75) is 181 Å². The highest BCUT2D eigenvalue weighted by atomic mass is 16.2. The molecule has 0 aromatic heterocycles. The summed E-state index contributed by atoms with van der Waals surface area (Å²) in [6.45, 7) is 19.0. The van der Waals surface area contributed by atoms with Gasteiger partial charge < -0.3 is 26.2 Å². The molecule has 2 spiro atoms. The summed E-state index contributed by atoms with van der Waals surface area (Å²) in [5.41, 5.74) is -1.07. The number of carbonyl (C=O) groups is 6. The van der Waals surface area contributed by atoms with E-state index in [1.807, 2.05) is 34.7 Å². The Morgan fingerprint density at radius 2 is 1.46 bits per heavy atom. The summed E-state index contributed by atoms with van der Waals surface area (Å²) in [5.74, 6) is -2.68. The highest BCUT2D eigenvalue weighted by molar-refractivity contribution is 6.38. The maximum Gasteiger partial charge on any atom is 0.289 e. The molecule has 13 nitrogen and oxygen atoms in total. The van der Waals surface area contributed by atoms with Gasteiger partial charge in [0.1, 0.15) is 24.2 Å². The number of nitrogens with one attached hydrogen (secondary N) is 4. The Morgan fingerprint density at radius 3 is 2.00 bits per heavy atom. The van der Waals surface area contributed by atoms with Crippen molar-refractivity contribution >= 4 is 35.3 Å². The summed E-state index contributed by atoms with van der Waals surface area (Å²) in [6, 6.07) is -3.73. The number of likely N-dealkylation sites (tertiary alicyclic amines) is 1. The van der Waals surface area contributed by atoms with E-state index in [2.05, 4.69) is 58.8 Å². The largest absolute Gasteiger partial charge is 0.347 e. The van der Waals surface area contributed by atoms with E-state index in [0.717, 1.165) is 77.3 Å². The van der Waals surface area contributed by atoms with Gasteiger partial charge in [0.2, 0.25) is 29.4 Å². The van der Waals surface area contributed by atoms with E-state index in [4.69, 9.17) is 0 Å². The summed E-state index contributed by atoms with van der Waals surface area (Å²) in [6.07, 6.45) is 10.9. The molecule has 57 heavy (non-hydrogen) atoms. The third-order valence-electron chi connectivity index (χ3n) is 15.6. The normalized spacial score (nSPS) is 29.0. The van der Waals surface area contributed by atoms with Gasteiger partial charge in [0.05, 0.1) is 6.04 Å². The lowest BCUT2D eigenvalue weighted by atomic mass is 9.73. The molecule has 0 bridgehead atoms. The molecule has 6 aliphatic rings. The predicted molar refractivity (Wildman–Crippen MR) is 219 cm³/mol. The lowest BCUT2D eigenvalue weighted by Gasteiger charge is -2.41. The molecule has 0 radical (unpaired) electrons. The smallest absolute Gasteiger partial charge is 0.289 e. The number of fused-ring (bicyclic) bond motifs is 1. The summed E-state index contributed by atoms with van der Waals surface area (Å²) < 4.78 is 0. The van der Waals surface area contributed by atoms with Crippen molar-refractivity contribution in [1.82, 2.24) is 36.0 Å². The average molecular weight is 796 g/mol. The number of hydrogen-bond acceptors (Lipinski definition) is 8. The fraction of sp³-hybridized carbons (Fsp3) is 0.864. The number of ketones is 1. The van der Waals surface area contributed by atoms with Gasteiger partial charge in [-0.05, 0) is 94.4 Å². The zero-order valence-corrected chi connectivity index (χ0v) is 36.4. The van der Waals surface area contributed by atoms with Crippen LogP contribution < -0.4 is 21.3 Å². The van der Waals surface area contributed by atoms with Crippen molar-refractivity contribution in [1.29, 1.82) is 0 Å². The van der Waals surface area contributed by atoms with Crippen LogP contribution in [0.4, 0.5) is 0 Å². The van der Waals surface area contributed by atoms with Crippen molar-refractivity contribution in [3.8, 4) is 0 Å². The molecule has 6 rings (SSSR count). The molecular formula is C44H73N7O6. The van der Waals surface area contributed by atoms with E-state index >= 15 is 4.79 Å². The Morgan fingerprint density at radius 1 is 0.807 bits per heavy atom. The van der Waals surface area contributed by atoms with E-state index in [0.29, 0.717) is 38.4 Å². The number of likely N-dealkylation sites (N-methyl/N-ethyl adjacent to an activating group) is 1. The van der Waals surface area contributed by atoms with Gasteiger partial charge in [-0.15, -0.1) is 0 Å². The summed E-state index contributed by atoms with van der Waals surface area (Å²) >= 11 is 0. The maximum absolute atomic E-state index is 15.2. The quantitative estimate of drug-likeness (QED) is 0.195. The van der Waals surface area contributed by atoms with Crippen LogP contribution in [0.5, 0.6) is 0 Å². The topological polar surface area (TPSA) is 160 Å². The highest BCUT2D eigenvalue weighted by Gasteiger charge is 2.85. The Bertz CT molecular complexity index is 1560. The Labute approximate surface area is 341 Å². The number of nitrogens with zero attached hydrogens (tertiary/aromatic N) is 3. The van der Waals surface area contributed by atoms with Gasteiger partial charge in [-0.3, -0.25) is 38.6 Å². The summed E-state index contributed by atoms with van der Waals surface area (Å²) in [4.78, 5) is 90.7. The summed E-state index contributed by atoms with van der Waals surface area (Å²) in [7, 11) is 1.96. The van der Waals surface area contributed by atoms with E-state index in [1.54, 1.807) is 4.90 Å². The molecule has 5 amide bonds.